The van der Waals surface area contributed by atoms with Gasteiger partial charge in [0.2, 0.25) is 5.91 Å². The maximum atomic E-state index is 12.9. The molecule has 0 fully saturated rings. The summed E-state index contributed by atoms with van der Waals surface area (Å²) in [6.07, 6.45) is 3.91. The minimum atomic E-state index is -1.74. The lowest BCUT2D eigenvalue weighted by atomic mass is 9.78. The van der Waals surface area contributed by atoms with Crippen molar-refractivity contribution in [3.63, 3.8) is 0 Å². The fraction of sp³-hybridized carbons (Fsp3) is 0.296. The summed E-state index contributed by atoms with van der Waals surface area (Å²) in [5.74, 6) is 1.96. The van der Waals surface area contributed by atoms with E-state index in [0.29, 0.717) is 30.2 Å². The van der Waals surface area contributed by atoms with E-state index in [9.17, 15) is 14.8 Å². The van der Waals surface area contributed by atoms with Crippen LogP contribution in [-0.2, 0) is 11.3 Å². The number of nitrogens with one attached hydrogen (secondary N) is 1. The number of carbonyl (C=O) groups excluding carboxylic acids is 1. The lowest BCUT2D eigenvalue weighted by Crippen LogP contribution is -2.32. The molecule has 2 unspecified atom stereocenters. The summed E-state index contributed by atoms with van der Waals surface area (Å²) >= 11 is 0. The number of furan rings is 1. The molecule has 3 N–H and O–H groups in total. The Labute approximate surface area is 210 Å². The third kappa shape index (κ3) is 5.12. The van der Waals surface area contributed by atoms with Gasteiger partial charge in [-0.1, -0.05) is 19.1 Å². The van der Waals surface area contributed by atoms with E-state index in [1.54, 1.807) is 31.6 Å². The van der Waals surface area contributed by atoms with Crippen molar-refractivity contribution in [2.24, 2.45) is 5.92 Å². The van der Waals surface area contributed by atoms with Gasteiger partial charge in [0, 0.05) is 6.42 Å². The maximum absolute atomic E-state index is 12.9. The molecule has 1 aromatic heterocycles. The van der Waals surface area contributed by atoms with E-state index in [2.05, 4.69) is 12.2 Å². The number of hydrogen-bond donors (Lipinski definition) is 3. The Morgan fingerprint density at radius 1 is 1.08 bits per heavy atom. The van der Waals surface area contributed by atoms with Crippen molar-refractivity contribution in [1.82, 2.24) is 5.32 Å². The third-order valence-corrected chi connectivity index (χ3v) is 6.66. The van der Waals surface area contributed by atoms with Crippen LogP contribution < -0.4 is 25.0 Å². The zero-order valence-corrected chi connectivity index (χ0v) is 20.8. The highest BCUT2D eigenvalue weighted by Crippen LogP contribution is 2.49. The van der Waals surface area contributed by atoms with Gasteiger partial charge in [0.25, 0.3) is 0 Å². The topological polar surface area (TPSA) is 110 Å². The van der Waals surface area contributed by atoms with Gasteiger partial charge in [-0.15, -0.1) is 0 Å². The number of allylic oxidation sites excluding steroid dienone is 1. The first-order valence-corrected chi connectivity index (χ1v) is 11.7. The minimum Gasteiger partial charge on any atom is -0.497 e. The molecule has 1 amide bonds. The van der Waals surface area contributed by atoms with Crippen LogP contribution >= 0.6 is 0 Å². The average molecular weight is 491 g/mol. The van der Waals surface area contributed by atoms with Crippen molar-refractivity contribution in [2.75, 3.05) is 21.3 Å². The second kappa shape index (κ2) is 10.9. The van der Waals surface area contributed by atoms with Gasteiger partial charge in [-0.3, -0.25) is 4.79 Å². The molecule has 2 aromatic carbocycles. The Morgan fingerprint density at radius 2 is 1.81 bits per heavy atom. The average Bonchev–Trinajstić information content (AvgIpc) is 3.49. The molecule has 1 heterocycles. The number of fused-ring (bicyclic) bond motifs is 1. The van der Waals surface area contributed by atoms with Gasteiger partial charge in [0.1, 0.15) is 23.0 Å². The summed E-state index contributed by atoms with van der Waals surface area (Å²) < 4.78 is 21.6. The Morgan fingerprint density at radius 3 is 2.39 bits per heavy atom. The molecule has 188 valence electrons. The summed E-state index contributed by atoms with van der Waals surface area (Å²) in [7, 11) is 2.82. The molecule has 3 aromatic rings. The molecule has 0 saturated carbocycles. The maximum Gasteiger partial charge on any atom is 0.496 e. The summed E-state index contributed by atoms with van der Waals surface area (Å²) in [6, 6.07) is 13.0. The van der Waals surface area contributed by atoms with Crippen LogP contribution in [0.25, 0.3) is 11.6 Å². The standard InChI is InChI=1S/C27H30BNO7/c1-16-21(10-17-11-24(34-3)27(28(31)32)25(12-17)35-4)20-8-7-18(33-2)13-23(20)22(16)14-26(30)29-15-19-6-5-9-36-19/h5-13,16,22,31-32H,14-15H2,1-4H3,(H,29,30)/b21-10-. The second-order valence-electron chi connectivity index (χ2n) is 8.72. The number of amides is 1. The zero-order valence-electron chi connectivity index (χ0n) is 20.8. The third-order valence-electron chi connectivity index (χ3n) is 6.66. The highest BCUT2D eigenvalue weighted by atomic mass is 16.5. The SMILES string of the molecule is COc1ccc2c(c1)C(CC(=O)NCc1ccco1)C(C)/C2=C/c1cc(OC)c(B(O)O)c(OC)c1. The first kappa shape index (κ1) is 25.4. The van der Waals surface area contributed by atoms with Crippen LogP contribution in [0.15, 0.2) is 53.1 Å². The van der Waals surface area contributed by atoms with Crippen molar-refractivity contribution in [3.05, 3.63) is 71.2 Å². The molecule has 2 atom stereocenters. The fourth-order valence-electron chi connectivity index (χ4n) is 4.81. The van der Waals surface area contributed by atoms with Crippen LogP contribution in [0.2, 0.25) is 0 Å². The summed E-state index contributed by atoms with van der Waals surface area (Å²) in [5.41, 5.74) is 4.08. The number of methoxy groups -OCH3 is 3. The van der Waals surface area contributed by atoms with E-state index < -0.39 is 7.12 Å². The van der Waals surface area contributed by atoms with Crippen LogP contribution in [-0.4, -0.2) is 44.4 Å². The number of hydrogen-bond acceptors (Lipinski definition) is 7. The fourth-order valence-corrected chi connectivity index (χ4v) is 4.81. The summed E-state index contributed by atoms with van der Waals surface area (Å²) in [6.45, 7) is 2.44. The molecule has 36 heavy (non-hydrogen) atoms. The normalized spacial score (nSPS) is 17.6. The largest absolute Gasteiger partial charge is 0.497 e. The van der Waals surface area contributed by atoms with Crippen LogP contribution in [0.1, 0.15) is 41.7 Å². The lowest BCUT2D eigenvalue weighted by Gasteiger charge is -2.18. The van der Waals surface area contributed by atoms with Crippen LogP contribution in [0.3, 0.4) is 0 Å². The molecule has 0 bridgehead atoms. The van der Waals surface area contributed by atoms with Gasteiger partial charge in [-0.05, 0) is 70.5 Å². The summed E-state index contributed by atoms with van der Waals surface area (Å²) in [4.78, 5) is 12.9. The number of ether oxygens (including phenoxy) is 3. The van der Waals surface area contributed by atoms with Crippen LogP contribution in [0.5, 0.6) is 17.2 Å². The van der Waals surface area contributed by atoms with Gasteiger partial charge in [-0.25, -0.2) is 0 Å². The molecular formula is C27H30BNO7. The summed E-state index contributed by atoms with van der Waals surface area (Å²) in [5, 5.41) is 22.5. The predicted molar refractivity (Wildman–Crippen MR) is 137 cm³/mol. The van der Waals surface area contributed by atoms with Crippen molar-refractivity contribution >= 4 is 30.1 Å². The quantitative estimate of drug-likeness (QED) is 0.395. The van der Waals surface area contributed by atoms with Crippen LogP contribution in [0.4, 0.5) is 0 Å². The number of benzene rings is 2. The molecule has 4 rings (SSSR count). The van der Waals surface area contributed by atoms with Crippen molar-refractivity contribution in [1.29, 1.82) is 0 Å². The Hall–Kier alpha value is -3.69. The molecule has 0 aliphatic heterocycles. The van der Waals surface area contributed by atoms with Gasteiger partial charge in [-0.2, -0.15) is 0 Å². The monoisotopic (exact) mass is 491 g/mol. The molecule has 1 aliphatic rings. The lowest BCUT2D eigenvalue weighted by molar-refractivity contribution is -0.121. The Balaban J connectivity index is 1.69. The molecule has 0 saturated heterocycles. The van der Waals surface area contributed by atoms with E-state index in [1.807, 2.05) is 30.3 Å². The zero-order chi connectivity index (χ0) is 25.8. The molecule has 1 aliphatic carbocycles. The predicted octanol–water partition coefficient (Wildman–Crippen LogP) is 2.97. The van der Waals surface area contributed by atoms with E-state index in [1.165, 1.54) is 14.2 Å². The van der Waals surface area contributed by atoms with Crippen LogP contribution in [0, 0.1) is 5.92 Å². The number of carbonyl (C=O) groups is 1. The Bertz CT molecular complexity index is 1230. The second-order valence-corrected chi connectivity index (χ2v) is 8.72. The smallest absolute Gasteiger partial charge is 0.496 e. The van der Waals surface area contributed by atoms with Gasteiger partial charge in [0.05, 0.1) is 39.6 Å². The number of rotatable bonds is 9. The minimum absolute atomic E-state index is 0.0292. The van der Waals surface area contributed by atoms with Crippen molar-refractivity contribution in [3.8, 4) is 17.2 Å². The molecule has 0 radical (unpaired) electrons. The molecular weight excluding hydrogens is 461 g/mol. The van der Waals surface area contributed by atoms with Gasteiger partial charge >= 0.3 is 7.12 Å². The molecule has 8 nitrogen and oxygen atoms in total. The Kier molecular flexibility index (Phi) is 7.71. The van der Waals surface area contributed by atoms with Crippen molar-refractivity contribution in [2.45, 2.75) is 25.8 Å². The molecule has 9 heteroatoms. The van der Waals surface area contributed by atoms with Gasteiger partial charge < -0.3 is 34.0 Å². The first-order chi connectivity index (χ1) is 17.4. The highest BCUT2D eigenvalue weighted by molar-refractivity contribution is 6.61. The van der Waals surface area contributed by atoms with Crippen molar-refractivity contribution < 1.29 is 33.5 Å². The highest BCUT2D eigenvalue weighted by Gasteiger charge is 2.35. The van der Waals surface area contributed by atoms with Gasteiger partial charge in [0.15, 0.2) is 0 Å². The molecule has 0 spiro atoms. The first-order valence-electron chi connectivity index (χ1n) is 11.7. The van der Waals surface area contributed by atoms with E-state index in [4.69, 9.17) is 18.6 Å². The van der Waals surface area contributed by atoms with E-state index >= 15 is 0 Å². The van der Waals surface area contributed by atoms with E-state index in [-0.39, 0.29) is 23.2 Å². The van der Waals surface area contributed by atoms with E-state index in [0.717, 1.165) is 28.0 Å².